The minimum Gasteiger partial charge on any atom is -0.354 e. The molecule has 8 bridgehead atoms. The molecular weight excluding hydrogens is 1260 g/mol. The molecule has 0 amide bonds. The topological polar surface area (TPSA) is 46.5 Å². The summed E-state index contributed by atoms with van der Waals surface area (Å²) in [5.41, 5.74) is 22.9. The van der Waals surface area contributed by atoms with E-state index in [2.05, 4.69) is 331 Å². The number of benzene rings is 12. The van der Waals surface area contributed by atoms with Crippen LogP contribution >= 0.6 is 0 Å². The Balaban J connectivity index is 0.00000636. The molecule has 2 aliphatic rings. The molecule has 0 radical (unpaired) electrons. The van der Waals surface area contributed by atoms with E-state index in [1.807, 2.05) is 0 Å². The van der Waals surface area contributed by atoms with Crippen molar-refractivity contribution in [2.45, 2.75) is 0 Å². The molecule has 0 saturated carbocycles. The molecule has 418 valence electrons. The average Bonchev–Trinajstić information content (AvgIpc) is 1.59. The van der Waals surface area contributed by atoms with Gasteiger partial charge in [0.25, 0.3) is 0 Å². The molecular formula is C84H54N4Pt+2. The molecule has 5 heterocycles. The smallest absolute Gasteiger partial charge is 0.354 e. The Morgan fingerprint density at radius 3 is 1.08 bits per heavy atom. The summed E-state index contributed by atoms with van der Waals surface area (Å²) in [7, 11) is 0. The van der Waals surface area contributed by atoms with Gasteiger partial charge in [-0.3, -0.25) is 0 Å². The first-order chi connectivity index (χ1) is 43.7. The van der Waals surface area contributed by atoms with Crippen LogP contribution in [0.15, 0.2) is 303 Å². The number of rotatable bonds is 8. The fraction of sp³-hybridized carbons (Fsp3) is 0. The third kappa shape index (κ3) is 9.02. The molecule has 5 heteroatoms. The van der Waals surface area contributed by atoms with Crippen molar-refractivity contribution in [1.29, 1.82) is 0 Å². The molecule has 17 rings (SSSR count). The zero-order valence-electron chi connectivity index (χ0n) is 48.3. The summed E-state index contributed by atoms with van der Waals surface area (Å²) >= 11 is 0. The van der Waals surface area contributed by atoms with Crippen LogP contribution in [0.25, 0.3) is 161 Å². The van der Waals surface area contributed by atoms with E-state index in [0.717, 1.165) is 172 Å². The normalized spacial score (nSPS) is 12.0. The second-order valence-corrected chi connectivity index (χ2v) is 22.7. The van der Waals surface area contributed by atoms with Crippen LogP contribution in [-0.4, -0.2) is 19.5 Å². The molecule has 0 aliphatic carbocycles. The Kier molecular flexibility index (Phi) is 13.4. The van der Waals surface area contributed by atoms with Crippen LogP contribution in [0.2, 0.25) is 0 Å². The number of hydrogen-bond acceptors (Lipinski definition) is 2. The van der Waals surface area contributed by atoms with Crippen LogP contribution in [0.5, 0.6) is 0 Å². The summed E-state index contributed by atoms with van der Waals surface area (Å²) in [6.07, 6.45) is 6.86. The zero-order valence-corrected chi connectivity index (χ0v) is 50.5. The van der Waals surface area contributed by atoms with Gasteiger partial charge >= 0.3 is 21.1 Å². The van der Waals surface area contributed by atoms with E-state index in [0.29, 0.717) is 0 Å². The second-order valence-electron chi connectivity index (χ2n) is 22.7. The number of H-pyrrole nitrogens is 1. The molecule has 0 spiro atoms. The quantitative estimate of drug-likeness (QED) is 0.165. The summed E-state index contributed by atoms with van der Waals surface area (Å²) in [5.74, 6) is 0. The molecule has 2 aliphatic heterocycles. The average molecular weight is 1310 g/mol. The number of hydrogen-bond donors (Lipinski definition) is 1. The van der Waals surface area contributed by atoms with Crippen molar-refractivity contribution in [2.75, 3.05) is 0 Å². The number of aromatic nitrogens is 4. The third-order valence-corrected chi connectivity index (χ3v) is 17.7. The van der Waals surface area contributed by atoms with Gasteiger partial charge in [0.05, 0.1) is 33.8 Å². The Labute approximate surface area is 530 Å². The SMILES string of the molecule is C1=Cc2nc1c(-c1cccc3ccccc13)c1ccc([nH]1)c(-c1cccc3ccccc13)c1nc(c(-c3cccc4ccccc34)c3c(-c4ccccc4)c(-c4ccccc4)c(c2-c2cccc4ccccc24)n3-c2ccccc2)C(c2ccccc2)=C1.[Pt+2]. The van der Waals surface area contributed by atoms with Gasteiger partial charge in [-0.05, 0) is 125 Å². The van der Waals surface area contributed by atoms with E-state index in [4.69, 9.17) is 9.97 Å². The number of nitrogens with zero attached hydrogens (tertiary/aromatic N) is 3. The van der Waals surface area contributed by atoms with Crippen molar-refractivity contribution in [3.8, 4) is 72.4 Å². The van der Waals surface area contributed by atoms with E-state index >= 15 is 0 Å². The van der Waals surface area contributed by atoms with E-state index in [-0.39, 0.29) is 21.1 Å². The van der Waals surface area contributed by atoms with Crippen LogP contribution in [0.3, 0.4) is 0 Å². The zero-order chi connectivity index (χ0) is 58.1. The summed E-state index contributed by atoms with van der Waals surface area (Å²) in [6.45, 7) is 0. The van der Waals surface area contributed by atoms with E-state index in [1.165, 1.54) is 0 Å². The van der Waals surface area contributed by atoms with Crippen molar-refractivity contribution in [1.82, 2.24) is 19.5 Å². The van der Waals surface area contributed by atoms with Gasteiger partial charge in [0.2, 0.25) is 0 Å². The Morgan fingerprint density at radius 2 is 0.618 bits per heavy atom. The summed E-state index contributed by atoms with van der Waals surface area (Å²) in [6, 6.07) is 110. The van der Waals surface area contributed by atoms with E-state index in [1.54, 1.807) is 0 Å². The van der Waals surface area contributed by atoms with Gasteiger partial charge in [-0.1, -0.05) is 279 Å². The molecule has 0 atom stereocenters. The molecule has 0 unspecified atom stereocenters. The molecule has 89 heavy (non-hydrogen) atoms. The van der Waals surface area contributed by atoms with Crippen molar-refractivity contribution < 1.29 is 21.1 Å². The summed E-state index contributed by atoms with van der Waals surface area (Å²) in [5, 5.41) is 9.08. The number of fused-ring (bicyclic) bond motifs is 12. The first kappa shape index (κ1) is 53.4. The standard InChI is InChI=1S/C84H54N4.Pt/c1-5-25-58(26-6-1)70-53-75-79(67-46-22-36-55-28-14-18-42-63(55)67)73-50-49-71(85-73)78(66-45-21-35-54-27-13-17-41-62(54)66)72-51-52-74(86-72)80(68-47-23-37-56-29-15-19-43-64(56)68)83-76(59-31-7-2-8-32-59)77(60-33-9-3-10-34-60)84(88(83)61-39-11-4-12-40-61)81(82(70)87-75)69-48-24-38-57-30-16-20-44-65(57)69;/h1-53,85H;/q;+2. The van der Waals surface area contributed by atoms with Crippen molar-refractivity contribution in [3.63, 3.8) is 0 Å². The van der Waals surface area contributed by atoms with E-state index < -0.39 is 0 Å². The molecule has 1 N–H and O–H groups in total. The Bertz CT molecular complexity index is 5530. The van der Waals surface area contributed by atoms with Crippen LogP contribution < -0.4 is 0 Å². The van der Waals surface area contributed by atoms with E-state index in [9.17, 15) is 0 Å². The maximum absolute atomic E-state index is 6.30. The van der Waals surface area contributed by atoms with Crippen LogP contribution in [0.1, 0.15) is 28.3 Å². The predicted molar refractivity (Wildman–Crippen MR) is 371 cm³/mol. The fourth-order valence-electron chi connectivity index (χ4n) is 13.9. The second kappa shape index (κ2) is 22.4. The first-order valence-electron chi connectivity index (χ1n) is 30.1. The fourth-order valence-corrected chi connectivity index (χ4v) is 13.9. The maximum atomic E-state index is 6.30. The van der Waals surface area contributed by atoms with Crippen LogP contribution in [0.4, 0.5) is 0 Å². The molecule has 12 aromatic carbocycles. The van der Waals surface area contributed by atoms with Crippen molar-refractivity contribution in [2.24, 2.45) is 0 Å². The number of para-hydroxylation sites is 1. The van der Waals surface area contributed by atoms with Crippen LogP contribution in [0, 0.1) is 0 Å². The van der Waals surface area contributed by atoms with Crippen LogP contribution in [-0.2, 0) is 21.1 Å². The maximum Gasteiger partial charge on any atom is 2.00 e. The molecule has 15 aromatic rings. The molecule has 4 nitrogen and oxygen atoms in total. The number of nitrogens with one attached hydrogen (secondary N) is 1. The summed E-state index contributed by atoms with van der Waals surface area (Å²) < 4.78 is 2.57. The Morgan fingerprint density at radius 1 is 0.270 bits per heavy atom. The first-order valence-corrected chi connectivity index (χ1v) is 30.1. The van der Waals surface area contributed by atoms with Gasteiger partial charge in [0.1, 0.15) is 0 Å². The van der Waals surface area contributed by atoms with Crippen molar-refractivity contribution in [3.05, 3.63) is 332 Å². The molecule has 0 fully saturated rings. The van der Waals surface area contributed by atoms with Gasteiger partial charge in [-0.25, -0.2) is 9.97 Å². The van der Waals surface area contributed by atoms with Gasteiger partial charge in [-0.2, -0.15) is 0 Å². The van der Waals surface area contributed by atoms with Gasteiger partial charge in [0, 0.05) is 55.7 Å². The number of aromatic amines is 1. The van der Waals surface area contributed by atoms with Crippen molar-refractivity contribution >= 4 is 89.0 Å². The summed E-state index contributed by atoms with van der Waals surface area (Å²) in [4.78, 5) is 16.5. The predicted octanol–water partition coefficient (Wildman–Crippen LogP) is 22.1. The third-order valence-electron chi connectivity index (χ3n) is 17.7. The molecule has 0 saturated heterocycles. The minimum absolute atomic E-state index is 0. The molecule has 3 aromatic heterocycles. The monoisotopic (exact) mass is 1310 g/mol. The van der Waals surface area contributed by atoms with Gasteiger partial charge < -0.3 is 9.55 Å². The minimum atomic E-state index is 0. The van der Waals surface area contributed by atoms with Gasteiger partial charge in [-0.15, -0.1) is 0 Å². The largest absolute Gasteiger partial charge is 2.00 e. The Hall–Kier alpha value is -11.0. The van der Waals surface area contributed by atoms with Gasteiger partial charge in [0.15, 0.2) is 0 Å².